The lowest BCUT2D eigenvalue weighted by Gasteiger charge is -2.12. The highest BCUT2D eigenvalue weighted by Crippen LogP contribution is 2.18. The maximum absolute atomic E-state index is 12.4. The van der Waals surface area contributed by atoms with Gasteiger partial charge in [-0.05, 0) is 38.4 Å². The Morgan fingerprint density at radius 2 is 1.58 bits per heavy atom. The van der Waals surface area contributed by atoms with Crippen LogP contribution >= 0.6 is 12.4 Å². The third-order valence-electron chi connectivity index (χ3n) is 3.74. The van der Waals surface area contributed by atoms with Crippen LogP contribution in [0.5, 0.6) is 0 Å². The maximum atomic E-state index is 12.4. The van der Waals surface area contributed by atoms with Crippen LogP contribution in [0.25, 0.3) is 0 Å². The van der Waals surface area contributed by atoms with Gasteiger partial charge in [0.05, 0.1) is 22.7 Å². The van der Waals surface area contributed by atoms with E-state index in [2.05, 4.69) is 10.7 Å². The Kier molecular flexibility index (Phi) is 9.25. The molecule has 0 fully saturated rings. The van der Waals surface area contributed by atoms with E-state index in [4.69, 9.17) is 0 Å². The molecule has 0 saturated carbocycles. The number of amides is 3. The minimum Gasteiger partial charge on any atom is -0.321 e. The molecule has 31 heavy (non-hydrogen) atoms. The summed E-state index contributed by atoms with van der Waals surface area (Å²) in [5.74, 6) is -3.19. The Labute approximate surface area is 183 Å². The number of Topliss-reactive ketones (excluding diaryl/α,β-unsaturated/α-hetero) is 1. The average Bonchev–Trinajstić information content (AvgIpc) is 2.71. The van der Waals surface area contributed by atoms with Crippen molar-refractivity contribution in [3.63, 3.8) is 0 Å². The van der Waals surface area contributed by atoms with Gasteiger partial charge in [0.1, 0.15) is 0 Å². The minimum atomic E-state index is -1.08. The summed E-state index contributed by atoms with van der Waals surface area (Å²) in [6.45, 7) is 0.0103. The second kappa shape index (κ2) is 11.4. The van der Waals surface area contributed by atoms with Gasteiger partial charge in [-0.2, -0.15) is 0 Å². The number of hydrazine groups is 1. The van der Waals surface area contributed by atoms with E-state index in [1.54, 1.807) is 25.1 Å². The van der Waals surface area contributed by atoms with Crippen molar-refractivity contribution < 1.29 is 24.1 Å². The second-order valence-corrected chi connectivity index (χ2v) is 6.37. The van der Waals surface area contributed by atoms with E-state index in [-0.39, 0.29) is 41.5 Å². The molecular weight excluding hydrogens is 430 g/mol. The second-order valence-electron chi connectivity index (χ2n) is 6.37. The van der Waals surface area contributed by atoms with Crippen LogP contribution in [0.1, 0.15) is 20.7 Å². The van der Waals surface area contributed by atoms with Crippen molar-refractivity contribution in [3.8, 4) is 0 Å². The fraction of sp³-hybridized carbons (Fsp3) is 0.158. The topological polar surface area (TPSA) is 151 Å². The molecule has 2 rings (SSSR count). The molecule has 2 aromatic rings. The predicted octanol–water partition coefficient (Wildman–Crippen LogP) is 1.16. The van der Waals surface area contributed by atoms with Crippen LogP contribution in [0.3, 0.4) is 0 Å². The predicted molar refractivity (Wildman–Crippen MR) is 114 cm³/mol. The maximum Gasteiger partial charge on any atom is 0.310 e. The number of carbonyl (C=O) groups excluding carboxylic acids is 4. The van der Waals surface area contributed by atoms with Crippen molar-refractivity contribution >= 4 is 47.3 Å². The summed E-state index contributed by atoms with van der Waals surface area (Å²) in [4.78, 5) is 60.2. The highest BCUT2D eigenvalue weighted by atomic mass is 35.5. The van der Waals surface area contributed by atoms with Gasteiger partial charge in [-0.15, -0.1) is 12.4 Å². The quantitative estimate of drug-likeness (QED) is 0.248. The van der Waals surface area contributed by atoms with Gasteiger partial charge in [-0.3, -0.25) is 40.1 Å². The Hall–Kier alpha value is -3.83. The summed E-state index contributed by atoms with van der Waals surface area (Å²) in [5.41, 5.74) is 4.08. The molecule has 0 aliphatic carbocycles. The van der Waals surface area contributed by atoms with Crippen molar-refractivity contribution in [2.75, 3.05) is 26.0 Å². The van der Waals surface area contributed by atoms with Crippen LogP contribution in [0.2, 0.25) is 0 Å². The smallest absolute Gasteiger partial charge is 0.310 e. The fourth-order valence-electron chi connectivity index (χ4n) is 2.35. The molecule has 0 unspecified atom stereocenters. The summed E-state index contributed by atoms with van der Waals surface area (Å²) < 4.78 is 0. The summed E-state index contributed by atoms with van der Waals surface area (Å²) in [5, 5.41) is 13.2. The van der Waals surface area contributed by atoms with Gasteiger partial charge < -0.3 is 10.2 Å². The van der Waals surface area contributed by atoms with Crippen LogP contribution in [0.4, 0.5) is 11.4 Å². The first kappa shape index (κ1) is 25.2. The lowest BCUT2D eigenvalue weighted by atomic mass is 10.1. The molecule has 164 valence electrons. The van der Waals surface area contributed by atoms with Gasteiger partial charge in [0.2, 0.25) is 0 Å². The zero-order chi connectivity index (χ0) is 22.3. The number of nitro benzene ring substituents is 1. The van der Waals surface area contributed by atoms with Gasteiger partial charge in [0.15, 0.2) is 0 Å². The molecule has 0 heterocycles. The molecule has 12 heteroatoms. The number of ketones is 1. The van der Waals surface area contributed by atoms with E-state index in [1.807, 2.05) is 5.43 Å². The Balaban J connectivity index is 0.00000480. The molecule has 0 bridgehead atoms. The van der Waals surface area contributed by atoms with Crippen molar-refractivity contribution in [2.24, 2.45) is 0 Å². The van der Waals surface area contributed by atoms with Crippen LogP contribution in [-0.4, -0.2) is 54.0 Å². The number of halogens is 1. The lowest BCUT2D eigenvalue weighted by Crippen LogP contribution is -2.47. The standard InChI is InChI=1S/C19H19N5O6.ClH/c1-23(2)11-16(25)21-22-19(28)17(26)14-5-3-4-6-15(14)20-18(27)12-7-9-13(10-8-12)24(29)30;/h3-10H,11H2,1-2H3,(H,20,27)(H,21,25)(H,22,28);1H. The molecule has 11 nitrogen and oxygen atoms in total. The van der Waals surface area contributed by atoms with E-state index < -0.39 is 28.4 Å². The van der Waals surface area contributed by atoms with Crippen molar-refractivity contribution in [1.82, 2.24) is 15.8 Å². The first-order valence-corrected chi connectivity index (χ1v) is 8.62. The van der Waals surface area contributed by atoms with E-state index in [0.29, 0.717) is 0 Å². The molecular formula is C19H20ClN5O6. The summed E-state index contributed by atoms with van der Waals surface area (Å²) in [6.07, 6.45) is 0. The third-order valence-corrected chi connectivity index (χ3v) is 3.74. The molecule has 0 spiro atoms. The van der Waals surface area contributed by atoms with E-state index in [1.165, 1.54) is 42.5 Å². The number of benzene rings is 2. The van der Waals surface area contributed by atoms with Gasteiger partial charge in [-0.25, -0.2) is 0 Å². The van der Waals surface area contributed by atoms with Crippen LogP contribution in [0, 0.1) is 10.1 Å². The van der Waals surface area contributed by atoms with Gasteiger partial charge in [0, 0.05) is 17.7 Å². The summed E-state index contributed by atoms with van der Waals surface area (Å²) >= 11 is 0. The van der Waals surface area contributed by atoms with Crippen molar-refractivity contribution in [3.05, 3.63) is 69.8 Å². The SMILES string of the molecule is CN(C)CC(=O)NNC(=O)C(=O)c1ccccc1NC(=O)c1ccc([N+](=O)[O-])cc1.Cl. The molecule has 3 N–H and O–H groups in total. The summed E-state index contributed by atoms with van der Waals surface area (Å²) in [7, 11) is 3.33. The highest BCUT2D eigenvalue weighted by molar-refractivity contribution is 6.44. The number of likely N-dealkylation sites (N-methyl/N-ethyl adjacent to an activating group) is 1. The number of hydrogen-bond donors (Lipinski definition) is 3. The third kappa shape index (κ3) is 7.17. The highest BCUT2D eigenvalue weighted by Gasteiger charge is 2.21. The molecule has 0 aliphatic heterocycles. The zero-order valence-corrected chi connectivity index (χ0v) is 17.4. The van der Waals surface area contributed by atoms with Crippen LogP contribution in [0.15, 0.2) is 48.5 Å². The van der Waals surface area contributed by atoms with Crippen LogP contribution < -0.4 is 16.2 Å². The molecule has 2 aromatic carbocycles. The molecule has 0 atom stereocenters. The molecule has 0 aliphatic rings. The van der Waals surface area contributed by atoms with Crippen LogP contribution in [-0.2, 0) is 9.59 Å². The fourth-order valence-corrected chi connectivity index (χ4v) is 2.35. The number of rotatable bonds is 7. The van der Waals surface area contributed by atoms with Gasteiger partial charge >= 0.3 is 5.91 Å². The molecule has 0 saturated heterocycles. The van der Waals surface area contributed by atoms with Crippen molar-refractivity contribution in [1.29, 1.82) is 0 Å². The van der Waals surface area contributed by atoms with Gasteiger partial charge in [0.25, 0.3) is 23.3 Å². The average molecular weight is 450 g/mol. The monoisotopic (exact) mass is 449 g/mol. The molecule has 3 amide bonds. The number of nitro groups is 1. The minimum absolute atomic E-state index is 0. The number of hydrogen-bond acceptors (Lipinski definition) is 7. The largest absolute Gasteiger partial charge is 0.321 e. The van der Waals surface area contributed by atoms with Gasteiger partial charge in [-0.1, -0.05) is 12.1 Å². The number of nitrogens with zero attached hydrogens (tertiary/aromatic N) is 2. The number of nitrogens with one attached hydrogen (secondary N) is 3. The number of para-hydroxylation sites is 1. The number of non-ortho nitro benzene ring substituents is 1. The first-order chi connectivity index (χ1) is 14.2. The van der Waals surface area contributed by atoms with E-state index >= 15 is 0 Å². The first-order valence-electron chi connectivity index (χ1n) is 8.62. The lowest BCUT2D eigenvalue weighted by molar-refractivity contribution is -0.384. The Morgan fingerprint density at radius 3 is 2.16 bits per heavy atom. The van der Waals surface area contributed by atoms with E-state index in [9.17, 15) is 29.3 Å². The summed E-state index contributed by atoms with van der Waals surface area (Å²) in [6, 6.07) is 10.7. The number of carbonyl (C=O) groups is 4. The molecule has 0 aromatic heterocycles. The van der Waals surface area contributed by atoms with Crippen molar-refractivity contribution in [2.45, 2.75) is 0 Å². The van der Waals surface area contributed by atoms with E-state index in [0.717, 1.165) is 0 Å². The number of anilines is 1. The Bertz CT molecular complexity index is 994. The normalized spacial score (nSPS) is 9.90. The Morgan fingerprint density at radius 1 is 0.968 bits per heavy atom. The molecule has 0 radical (unpaired) electrons. The zero-order valence-electron chi connectivity index (χ0n) is 16.6.